The number of aromatic nitrogens is 5. The molecule has 3 aromatic heterocycles. The molecular formula is C24H25Cl2N5O2S2. The maximum Gasteiger partial charge on any atom is 0.355 e. The highest BCUT2D eigenvalue weighted by molar-refractivity contribution is 8.01. The van der Waals surface area contributed by atoms with Gasteiger partial charge in [0.15, 0.2) is 5.69 Å². The number of carboxylic acids is 1. The monoisotopic (exact) mass is 549 g/mol. The molecule has 4 rings (SSSR count). The van der Waals surface area contributed by atoms with Gasteiger partial charge in [-0.3, -0.25) is 4.68 Å². The summed E-state index contributed by atoms with van der Waals surface area (Å²) in [7, 11) is 0. The summed E-state index contributed by atoms with van der Waals surface area (Å²) in [6.07, 6.45) is 3.55. The Labute approximate surface area is 222 Å². The lowest BCUT2D eigenvalue weighted by Gasteiger charge is -2.05. The van der Waals surface area contributed by atoms with Gasteiger partial charge in [0.2, 0.25) is 5.13 Å². The van der Waals surface area contributed by atoms with E-state index in [2.05, 4.69) is 37.9 Å². The minimum absolute atomic E-state index is 0.0575. The first-order chi connectivity index (χ1) is 16.5. The zero-order valence-electron chi connectivity index (χ0n) is 19.9. The van der Waals surface area contributed by atoms with Gasteiger partial charge in [-0.1, -0.05) is 68.3 Å². The smallest absolute Gasteiger partial charge is 0.355 e. The fraction of sp³-hybridized carbons (Fsp3) is 0.333. The van der Waals surface area contributed by atoms with Crippen molar-refractivity contribution < 1.29 is 9.90 Å². The summed E-state index contributed by atoms with van der Waals surface area (Å²) in [5, 5.41) is 20.9. The second-order valence-electron chi connectivity index (χ2n) is 8.80. The SMILES string of the molecule is Cc1nn(-c2nc(-c3ccc(Cl)c(Cl)c3)c(SC(C)C)s2)c(C(=O)O)c1-c1cnn(CC(C)C)c1. The van der Waals surface area contributed by atoms with Crippen molar-refractivity contribution >= 4 is 52.3 Å². The highest BCUT2D eigenvalue weighted by Gasteiger charge is 2.27. The molecule has 0 aliphatic rings. The molecule has 35 heavy (non-hydrogen) atoms. The Morgan fingerprint density at radius 3 is 2.54 bits per heavy atom. The molecular weight excluding hydrogens is 525 g/mol. The lowest BCUT2D eigenvalue weighted by atomic mass is 10.1. The number of thiazole rings is 1. The third-order valence-corrected chi connectivity index (χ3v) is 8.02. The Morgan fingerprint density at radius 2 is 1.91 bits per heavy atom. The minimum atomic E-state index is -1.08. The van der Waals surface area contributed by atoms with Gasteiger partial charge >= 0.3 is 5.97 Å². The second-order valence-corrected chi connectivity index (χ2v) is 12.4. The van der Waals surface area contributed by atoms with Gasteiger partial charge in [0.25, 0.3) is 0 Å². The van der Waals surface area contributed by atoms with E-state index in [1.165, 1.54) is 16.0 Å². The first-order valence-corrected chi connectivity index (χ1v) is 13.5. The van der Waals surface area contributed by atoms with E-state index in [1.54, 1.807) is 37.0 Å². The van der Waals surface area contributed by atoms with Crippen LogP contribution in [0.15, 0.2) is 34.8 Å². The lowest BCUT2D eigenvalue weighted by Crippen LogP contribution is -2.09. The molecule has 0 bridgehead atoms. The van der Waals surface area contributed by atoms with Gasteiger partial charge in [0, 0.05) is 34.7 Å². The van der Waals surface area contributed by atoms with Crippen LogP contribution in [-0.4, -0.2) is 40.9 Å². The van der Waals surface area contributed by atoms with Crippen LogP contribution in [0.5, 0.6) is 0 Å². The molecule has 0 amide bonds. The number of thioether (sulfide) groups is 1. The van der Waals surface area contributed by atoms with Crippen LogP contribution in [0, 0.1) is 12.8 Å². The number of aromatic carboxylic acids is 1. The van der Waals surface area contributed by atoms with Crippen LogP contribution >= 0.6 is 46.3 Å². The highest BCUT2D eigenvalue weighted by Crippen LogP contribution is 2.42. The standard InChI is InChI=1S/C24H25Cl2N5O2S2/c1-12(2)10-30-11-16(9-27-30)19-14(5)29-31(21(19)22(32)33)24-28-20(23(35-24)34-13(3)4)15-6-7-17(25)18(26)8-15/h6-9,11-13H,10H2,1-5H3,(H,32,33). The van der Waals surface area contributed by atoms with Gasteiger partial charge in [-0.15, -0.1) is 11.8 Å². The molecule has 0 saturated carbocycles. The molecule has 1 aromatic carbocycles. The Balaban J connectivity index is 1.86. The number of hydrogen-bond donors (Lipinski definition) is 1. The first-order valence-electron chi connectivity index (χ1n) is 11.0. The molecule has 11 heteroatoms. The molecule has 0 aliphatic carbocycles. The van der Waals surface area contributed by atoms with Crippen molar-refractivity contribution in [3.8, 4) is 27.5 Å². The quantitative estimate of drug-likeness (QED) is 0.231. The zero-order valence-corrected chi connectivity index (χ0v) is 23.1. The second kappa shape index (κ2) is 10.3. The van der Waals surface area contributed by atoms with Crippen molar-refractivity contribution in [2.24, 2.45) is 5.92 Å². The summed E-state index contributed by atoms with van der Waals surface area (Å²) >= 11 is 15.4. The first kappa shape index (κ1) is 25.8. The van der Waals surface area contributed by atoms with Crippen LogP contribution in [-0.2, 0) is 6.54 Å². The van der Waals surface area contributed by atoms with E-state index in [4.69, 9.17) is 28.2 Å². The largest absolute Gasteiger partial charge is 0.476 e. The van der Waals surface area contributed by atoms with Crippen LogP contribution in [0.2, 0.25) is 10.0 Å². The molecule has 0 fully saturated rings. The van der Waals surface area contributed by atoms with Crippen LogP contribution in [0.25, 0.3) is 27.5 Å². The summed E-state index contributed by atoms with van der Waals surface area (Å²) < 4.78 is 4.19. The number of carboxylic acid groups (broad SMARTS) is 1. The third-order valence-electron chi connectivity index (χ3n) is 5.04. The lowest BCUT2D eigenvalue weighted by molar-refractivity contribution is 0.0688. The van der Waals surface area contributed by atoms with Gasteiger partial charge < -0.3 is 5.11 Å². The number of aryl methyl sites for hydroxylation is 1. The number of nitrogens with zero attached hydrogens (tertiary/aromatic N) is 5. The molecule has 1 N–H and O–H groups in total. The van der Waals surface area contributed by atoms with Crippen molar-refractivity contribution in [3.63, 3.8) is 0 Å². The summed E-state index contributed by atoms with van der Waals surface area (Å²) in [5.74, 6) is -0.668. The molecule has 0 saturated heterocycles. The summed E-state index contributed by atoms with van der Waals surface area (Å²) in [6.45, 7) is 10.9. The normalized spacial score (nSPS) is 11.7. The van der Waals surface area contributed by atoms with Crippen LogP contribution in [0.3, 0.4) is 0 Å². The van der Waals surface area contributed by atoms with E-state index in [0.717, 1.165) is 22.0 Å². The van der Waals surface area contributed by atoms with E-state index in [-0.39, 0.29) is 5.69 Å². The number of hydrogen-bond acceptors (Lipinski definition) is 6. The minimum Gasteiger partial charge on any atom is -0.476 e. The van der Waals surface area contributed by atoms with E-state index < -0.39 is 5.97 Å². The molecule has 0 aliphatic heterocycles. The molecule has 3 heterocycles. The molecule has 0 unspecified atom stereocenters. The zero-order chi connectivity index (χ0) is 25.4. The predicted molar refractivity (Wildman–Crippen MR) is 143 cm³/mol. The van der Waals surface area contributed by atoms with Gasteiger partial charge in [-0.2, -0.15) is 14.9 Å². The van der Waals surface area contributed by atoms with E-state index in [1.807, 2.05) is 16.9 Å². The molecule has 7 nitrogen and oxygen atoms in total. The topological polar surface area (TPSA) is 85.8 Å². The Kier molecular flexibility index (Phi) is 7.61. The van der Waals surface area contributed by atoms with E-state index in [9.17, 15) is 9.90 Å². The van der Waals surface area contributed by atoms with E-state index in [0.29, 0.717) is 43.2 Å². The summed E-state index contributed by atoms with van der Waals surface area (Å²) in [4.78, 5) is 17.3. The van der Waals surface area contributed by atoms with Crippen LogP contribution in [0.1, 0.15) is 43.9 Å². The molecule has 184 valence electrons. The molecule has 0 spiro atoms. The molecule has 0 atom stereocenters. The van der Waals surface area contributed by atoms with Gasteiger partial charge in [-0.25, -0.2) is 9.78 Å². The maximum absolute atomic E-state index is 12.5. The number of carbonyl (C=O) groups is 1. The Morgan fingerprint density at radius 1 is 1.17 bits per heavy atom. The van der Waals surface area contributed by atoms with E-state index >= 15 is 0 Å². The van der Waals surface area contributed by atoms with Gasteiger partial charge in [0.05, 0.1) is 31.8 Å². The summed E-state index contributed by atoms with van der Waals surface area (Å²) in [5.41, 5.74) is 3.43. The average Bonchev–Trinajstić information content (AvgIpc) is 3.46. The van der Waals surface area contributed by atoms with Crippen LogP contribution < -0.4 is 0 Å². The predicted octanol–water partition coefficient (Wildman–Crippen LogP) is 7.33. The van der Waals surface area contributed by atoms with Crippen molar-refractivity contribution in [2.45, 2.75) is 50.6 Å². The van der Waals surface area contributed by atoms with Crippen molar-refractivity contribution in [1.82, 2.24) is 24.5 Å². The Bertz CT molecular complexity index is 1390. The molecule has 0 radical (unpaired) electrons. The highest BCUT2D eigenvalue weighted by atomic mass is 35.5. The third kappa shape index (κ3) is 5.43. The van der Waals surface area contributed by atoms with Crippen molar-refractivity contribution in [3.05, 3.63) is 52.0 Å². The van der Waals surface area contributed by atoms with Crippen molar-refractivity contribution in [2.75, 3.05) is 0 Å². The number of halogens is 2. The number of benzene rings is 1. The average molecular weight is 551 g/mol. The molecule has 4 aromatic rings. The van der Waals surface area contributed by atoms with Gasteiger partial charge in [-0.05, 0) is 25.0 Å². The van der Waals surface area contributed by atoms with Crippen molar-refractivity contribution in [1.29, 1.82) is 0 Å². The fourth-order valence-electron chi connectivity index (χ4n) is 3.68. The van der Waals surface area contributed by atoms with Crippen LogP contribution in [0.4, 0.5) is 0 Å². The fourth-order valence-corrected chi connectivity index (χ4v) is 6.46. The maximum atomic E-state index is 12.5. The van der Waals surface area contributed by atoms with Gasteiger partial charge in [0.1, 0.15) is 0 Å². The Hall–Kier alpha value is -2.33. The summed E-state index contributed by atoms with van der Waals surface area (Å²) in [6, 6.07) is 5.36. The number of rotatable bonds is 8.